The number of likely N-dealkylation sites (tertiary alicyclic amines) is 3. The Morgan fingerprint density at radius 3 is 1.46 bits per heavy atom. The lowest BCUT2D eigenvalue weighted by atomic mass is 9.77. The first-order chi connectivity index (χ1) is 29.1. The Morgan fingerprint density at radius 1 is 0.619 bits per heavy atom. The minimum absolute atomic E-state index is 0.0391. The number of benzene rings is 2. The van der Waals surface area contributed by atoms with Crippen LogP contribution in [0.25, 0.3) is 0 Å². The van der Waals surface area contributed by atoms with Crippen molar-refractivity contribution >= 4 is 41.7 Å². The van der Waals surface area contributed by atoms with E-state index >= 15 is 0 Å². The first-order valence-corrected chi connectivity index (χ1v) is 20.7. The summed E-state index contributed by atoms with van der Waals surface area (Å²) in [6.07, 6.45) is -25.2. The lowest BCUT2D eigenvalue weighted by Crippen LogP contribution is -2.54. The van der Waals surface area contributed by atoms with Crippen LogP contribution >= 0.6 is 23.2 Å². The second-order valence-electron chi connectivity index (χ2n) is 16.3. The van der Waals surface area contributed by atoms with E-state index in [2.05, 4.69) is 14.4 Å². The van der Waals surface area contributed by atoms with E-state index in [-0.39, 0.29) is 37.1 Å². The zero-order valence-electron chi connectivity index (χ0n) is 34.2. The van der Waals surface area contributed by atoms with Gasteiger partial charge in [0.25, 0.3) is 12.2 Å². The topological polar surface area (TPSA) is 79.4 Å². The molecule has 2 aromatic rings. The number of aldehydes is 1. The largest absolute Gasteiger partial charge is 0.434 e. The molecule has 0 bridgehead atoms. The zero-order chi connectivity index (χ0) is 47.2. The molecule has 3 saturated heterocycles. The number of rotatable bonds is 5. The molecule has 0 radical (unpaired) electrons. The fourth-order valence-corrected chi connectivity index (χ4v) is 8.69. The third kappa shape index (κ3) is 14.2. The highest BCUT2D eigenvalue weighted by atomic mass is 35.5. The van der Waals surface area contributed by atoms with E-state index in [1.807, 2.05) is 32.0 Å². The van der Waals surface area contributed by atoms with Gasteiger partial charge in [-0.25, -0.2) is 9.59 Å². The summed E-state index contributed by atoms with van der Waals surface area (Å²) in [5.41, 5.74) is 3.49. The molecule has 1 aliphatic carbocycles. The Labute approximate surface area is 366 Å². The number of amides is 2. The average Bonchev–Trinajstić information content (AvgIpc) is 3.80. The van der Waals surface area contributed by atoms with Crippen LogP contribution in [0.4, 0.5) is 62.3 Å². The molecule has 8 nitrogen and oxygen atoms in total. The second-order valence-corrected chi connectivity index (χ2v) is 17.1. The highest BCUT2D eigenvalue weighted by Gasteiger charge is 2.61. The quantitative estimate of drug-likeness (QED) is 0.219. The molecule has 3 aliphatic heterocycles. The normalized spacial score (nSPS) is 19.1. The fraction of sp³-hybridized carbons (Fsp3) is 0.634. The maximum Gasteiger partial charge on any atom is 0.434 e. The number of alkyl halides is 12. The SMILES string of the molecule is Cc1cc(C=O)ccc1Cl.Cc1cc(CN2CCCC23CCN(C(=O)OC(C(F)(F)F)C(F)(F)F)CC3)ccc1Cl.O=C(OC(C(F)(F)F)C(F)(F)F)N1CCC2(CCCC2)CC1. The minimum Gasteiger partial charge on any atom is -0.426 e. The van der Waals surface area contributed by atoms with Crippen LogP contribution in [0, 0.1) is 19.3 Å². The average molecular weight is 961 g/mol. The summed E-state index contributed by atoms with van der Waals surface area (Å²) in [5.74, 6) is 0. The van der Waals surface area contributed by atoms with Gasteiger partial charge in [-0.05, 0) is 112 Å². The van der Waals surface area contributed by atoms with Crippen LogP contribution < -0.4 is 0 Å². The summed E-state index contributed by atoms with van der Waals surface area (Å²) >= 11 is 11.8. The number of halogens is 14. The van der Waals surface area contributed by atoms with E-state index in [0.717, 1.165) is 77.8 Å². The van der Waals surface area contributed by atoms with E-state index in [4.69, 9.17) is 23.2 Å². The molecular weight excluding hydrogens is 913 g/mol. The van der Waals surface area contributed by atoms with Crippen molar-refractivity contribution in [2.75, 3.05) is 32.7 Å². The lowest BCUT2D eigenvalue weighted by molar-refractivity contribution is -0.309. The molecule has 0 N–H and O–H groups in total. The summed E-state index contributed by atoms with van der Waals surface area (Å²) in [6.45, 7) is 5.63. The number of hydrogen-bond acceptors (Lipinski definition) is 6. The van der Waals surface area contributed by atoms with Crippen molar-refractivity contribution in [3.8, 4) is 0 Å². The van der Waals surface area contributed by atoms with Crippen LogP contribution in [0.5, 0.6) is 0 Å². The van der Waals surface area contributed by atoms with Crippen molar-refractivity contribution in [3.63, 3.8) is 0 Å². The van der Waals surface area contributed by atoms with Gasteiger partial charge < -0.3 is 19.3 Å². The molecule has 4 aliphatic rings. The number of carbonyl (C=O) groups excluding carboxylic acids is 3. The predicted octanol–water partition coefficient (Wildman–Crippen LogP) is 12.4. The predicted molar refractivity (Wildman–Crippen MR) is 207 cm³/mol. The molecule has 0 atom stereocenters. The van der Waals surface area contributed by atoms with Gasteiger partial charge in [0.1, 0.15) is 6.29 Å². The zero-order valence-corrected chi connectivity index (χ0v) is 35.7. The van der Waals surface area contributed by atoms with Crippen LogP contribution in [-0.2, 0) is 16.0 Å². The Balaban J connectivity index is 0.000000235. The highest BCUT2D eigenvalue weighted by Crippen LogP contribution is 2.47. The van der Waals surface area contributed by atoms with E-state index in [9.17, 15) is 67.1 Å². The molecule has 2 aromatic carbocycles. The summed E-state index contributed by atoms with van der Waals surface area (Å²) < 4.78 is 158. The van der Waals surface area contributed by atoms with Gasteiger partial charge >= 0.3 is 36.9 Å². The van der Waals surface area contributed by atoms with Crippen molar-refractivity contribution in [2.45, 2.75) is 127 Å². The van der Waals surface area contributed by atoms with Gasteiger partial charge in [0, 0.05) is 53.9 Å². The molecule has 2 amide bonds. The number of hydrogen-bond donors (Lipinski definition) is 0. The van der Waals surface area contributed by atoms with Crippen LogP contribution in [0.2, 0.25) is 10.0 Å². The van der Waals surface area contributed by atoms with Crippen molar-refractivity contribution < 1.29 is 76.5 Å². The van der Waals surface area contributed by atoms with Gasteiger partial charge in [-0.1, -0.05) is 54.2 Å². The van der Waals surface area contributed by atoms with Crippen molar-refractivity contribution in [3.05, 3.63) is 68.7 Å². The van der Waals surface area contributed by atoms with Gasteiger partial charge in [0.05, 0.1) is 0 Å². The lowest BCUT2D eigenvalue weighted by Gasteiger charge is -2.45. The van der Waals surface area contributed by atoms with Crippen LogP contribution in [-0.4, -0.2) is 108 Å². The molecule has 1 saturated carbocycles. The number of aryl methyl sites for hydroxylation is 2. The van der Waals surface area contributed by atoms with E-state index in [1.54, 1.807) is 18.2 Å². The molecular formula is C41H47Cl2F12N3O5. The molecule has 3 heterocycles. The van der Waals surface area contributed by atoms with Crippen LogP contribution in [0.1, 0.15) is 91.3 Å². The first-order valence-electron chi connectivity index (χ1n) is 20.0. The third-order valence-corrected chi connectivity index (χ3v) is 12.8. The maximum absolute atomic E-state index is 12.7. The molecule has 6 rings (SSSR count). The summed E-state index contributed by atoms with van der Waals surface area (Å²) in [5, 5.41) is 1.37. The number of carbonyl (C=O) groups is 3. The molecule has 63 heavy (non-hydrogen) atoms. The monoisotopic (exact) mass is 959 g/mol. The standard InChI is InChI=1S/C20H23ClF6N2O2.C13H17F6NO2.C8H7ClO/c1-13-11-14(3-4-15(13)21)12-29-8-2-5-18(29)6-9-28(10-7-18)17(30)31-16(19(22,23)24)20(25,26)27;14-12(15,16)9(13(17,18)19)22-10(21)20-7-5-11(6-8-20)3-1-2-4-11;1-6-4-7(5-10)2-3-8(6)9/h3-4,11,16H,2,5-10,12H2,1H3;9H,1-8H2;2-5H,1H3. The molecule has 22 heteroatoms. The summed E-state index contributed by atoms with van der Waals surface area (Å²) in [4.78, 5) is 38.0. The highest BCUT2D eigenvalue weighted by molar-refractivity contribution is 6.31. The Kier molecular flexibility index (Phi) is 17.1. The molecule has 0 aromatic heterocycles. The van der Waals surface area contributed by atoms with Crippen molar-refractivity contribution in [1.82, 2.24) is 14.7 Å². The van der Waals surface area contributed by atoms with E-state index in [1.165, 1.54) is 0 Å². The summed E-state index contributed by atoms with van der Waals surface area (Å²) in [6, 6.07) is 10.9. The van der Waals surface area contributed by atoms with Gasteiger partial charge in [0.15, 0.2) is 0 Å². The third-order valence-electron chi connectivity index (χ3n) is 12.0. The fourth-order valence-electron chi connectivity index (χ4n) is 8.46. The van der Waals surface area contributed by atoms with Gasteiger partial charge in [0.2, 0.25) is 0 Å². The molecule has 354 valence electrons. The van der Waals surface area contributed by atoms with Crippen molar-refractivity contribution in [2.24, 2.45) is 5.41 Å². The molecule has 2 spiro atoms. The maximum atomic E-state index is 12.7. The van der Waals surface area contributed by atoms with Crippen molar-refractivity contribution in [1.29, 1.82) is 0 Å². The second kappa shape index (κ2) is 20.7. The Morgan fingerprint density at radius 2 is 1.05 bits per heavy atom. The molecule has 4 fully saturated rings. The Hall–Kier alpha value is -3.65. The smallest absolute Gasteiger partial charge is 0.426 e. The van der Waals surface area contributed by atoms with Gasteiger partial charge in [-0.3, -0.25) is 9.69 Å². The first kappa shape index (κ1) is 52.0. The Bertz CT molecular complexity index is 1840. The number of piperidine rings is 2. The minimum atomic E-state index is -5.72. The van der Waals surface area contributed by atoms with E-state index < -0.39 is 49.1 Å². The van der Waals surface area contributed by atoms with Gasteiger partial charge in [-0.2, -0.15) is 52.7 Å². The number of nitrogens with zero attached hydrogens (tertiary/aromatic N) is 3. The van der Waals surface area contributed by atoms with Crippen LogP contribution in [0.15, 0.2) is 36.4 Å². The van der Waals surface area contributed by atoms with E-state index in [0.29, 0.717) is 47.8 Å². The number of ether oxygens (including phenoxy) is 2. The molecule has 0 unspecified atom stereocenters. The van der Waals surface area contributed by atoms with Gasteiger partial charge in [-0.15, -0.1) is 0 Å². The van der Waals surface area contributed by atoms with Crippen LogP contribution in [0.3, 0.4) is 0 Å². The summed E-state index contributed by atoms with van der Waals surface area (Å²) in [7, 11) is 0.